The highest BCUT2D eigenvalue weighted by Gasteiger charge is 2.14. The summed E-state index contributed by atoms with van der Waals surface area (Å²) in [4.78, 5) is 12.1. The molecule has 0 saturated heterocycles. The predicted molar refractivity (Wildman–Crippen MR) is 116 cm³/mol. The van der Waals surface area contributed by atoms with Crippen molar-refractivity contribution in [2.45, 2.75) is 13.8 Å². The normalized spacial score (nSPS) is 11.5. The van der Waals surface area contributed by atoms with E-state index in [1.807, 2.05) is 25.1 Å². The maximum atomic E-state index is 12.1. The molecule has 28 heavy (non-hydrogen) atoms. The fourth-order valence-electron chi connectivity index (χ4n) is 4.28. The van der Waals surface area contributed by atoms with Crippen LogP contribution in [-0.4, -0.2) is 12.6 Å². The van der Waals surface area contributed by atoms with Crippen molar-refractivity contribution in [2.24, 2.45) is 0 Å². The van der Waals surface area contributed by atoms with Gasteiger partial charge in [-0.3, -0.25) is 0 Å². The van der Waals surface area contributed by atoms with Gasteiger partial charge in [-0.1, -0.05) is 60.7 Å². The van der Waals surface area contributed by atoms with E-state index in [4.69, 9.17) is 4.74 Å². The molecule has 0 fully saturated rings. The number of carbonyl (C=O) groups is 1. The van der Waals surface area contributed by atoms with Gasteiger partial charge >= 0.3 is 5.97 Å². The van der Waals surface area contributed by atoms with Crippen LogP contribution in [0.5, 0.6) is 0 Å². The zero-order valence-electron chi connectivity index (χ0n) is 16.0. The van der Waals surface area contributed by atoms with Crippen LogP contribution in [-0.2, 0) is 4.74 Å². The van der Waals surface area contributed by atoms with E-state index in [1.54, 1.807) is 0 Å². The van der Waals surface area contributed by atoms with E-state index in [-0.39, 0.29) is 5.97 Å². The molecule has 0 aliphatic carbocycles. The third-order valence-electron chi connectivity index (χ3n) is 5.56. The summed E-state index contributed by atoms with van der Waals surface area (Å²) in [7, 11) is 0. The fourth-order valence-corrected chi connectivity index (χ4v) is 4.28. The Balaban J connectivity index is 1.77. The number of hydrogen-bond acceptors (Lipinski definition) is 2. The van der Waals surface area contributed by atoms with Crippen LogP contribution in [0.2, 0.25) is 0 Å². The molecule has 136 valence electrons. The van der Waals surface area contributed by atoms with Crippen molar-refractivity contribution in [3.05, 3.63) is 83.9 Å². The van der Waals surface area contributed by atoms with E-state index in [1.165, 1.54) is 37.9 Å². The van der Waals surface area contributed by atoms with Gasteiger partial charge in [-0.2, -0.15) is 0 Å². The Hall–Kier alpha value is -3.39. The zero-order valence-corrected chi connectivity index (χ0v) is 16.0. The Morgan fingerprint density at radius 2 is 1.43 bits per heavy atom. The number of esters is 1. The lowest BCUT2D eigenvalue weighted by atomic mass is 9.88. The Labute approximate surface area is 163 Å². The van der Waals surface area contributed by atoms with Gasteiger partial charge in [0, 0.05) is 0 Å². The minimum atomic E-state index is -0.271. The Morgan fingerprint density at radius 1 is 0.786 bits per heavy atom. The van der Waals surface area contributed by atoms with Crippen LogP contribution in [0.1, 0.15) is 22.8 Å². The fraction of sp³-hybridized carbons (Fsp3) is 0.115. The molecule has 0 aliphatic heterocycles. The lowest BCUT2D eigenvalue weighted by molar-refractivity contribution is 0.0526. The van der Waals surface area contributed by atoms with Crippen molar-refractivity contribution in [3.63, 3.8) is 0 Å². The standard InChI is InChI=1S/C26H20O2/c1-3-28-26(27)20-11-12-21(16(2)15-20)22-13-9-19-8-7-17-5-4-6-18-10-14-23(22)25(19)24(17)18/h4-15H,3H2,1-2H3. The van der Waals surface area contributed by atoms with E-state index in [0.717, 1.165) is 11.1 Å². The van der Waals surface area contributed by atoms with Gasteiger partial charge in [0.25, 0.3) is 0 Å². The second kappa shape index (κ2) is 6.35. The Morgan fingerprint density at radius 3 is 2.14 bits per heavy atom. The number of carbonyl (C=O) groups excluding carboxylic acids is 1. The number of benzene rings is 5. The molecule has 2 heteroatoms. The van der Waals surface area contributed by atoms with Crippen molar-refractivity contribution in [3.8, 4) is 11.1 Å². The highest BCUT2D eigenvalue weighted by atomic mass is 16.5. The van der Waals surface area contributed by atoms with E-state index in [9.17, 15) is 4.79 Å². The molecule has 5 rings (SSSR count). The van der Waals surface area contributed by atoms with Crippen molar-refractivity contribution >= 4 is 38.3 Å². The molecular weight excluding hydrogens is 344 g/mol. The van der Waals surface area contributed by atoms with Gasteiger partial charge in [0.1, 0.15) is 0 Å². The first-order valence-electron chi connectivity index (χ1n) is 9.62. The molecule has 0 aromatic heterocycles. The Bertz CT molecular complexity index is 1330. The molecule has 0 heterocycles. The SMILES string of the molecule is CCOC(=O)c1ccc(-c2ccc3ccc4cccc5ccc2c3c45)c(C)c1. The quantitative estimate of drug-likeness (QED) is 0.262. The molecule has 5 aromatic carbocycles. The first kappa shape index (κ1) is 16.8. The summed E-state index contributed by atoms with van der Waals surface area (Å²) in [5, 5.41) is 7.66. The van der Waals surface area contributed by atoms with Gasteiger partial charge in [-0.25, -0.2) is 4.79 Å². The van der Waals surface area contributed by atoms with E-state index >= 15 is 0 Å². The molecule has 0 spiro atoms. The van der Waals surface area contributed by atoms with E-state index in [0.29, 0.717) is 12.2 Å². The van der Waals surface area contributed by atoms with Crippen LogP contribution in [0, 0.1) is 6.92 Å². The van der Waals surface area contributed by atoms with Crippen molar-refractivity contribution in [2.75, 3.05) is 6.61 Å². The second-order valence-corrected chi connectivity index (χ2v) is 7.22. The highest BCUT2D eigenvalue weighted by Crippen LogP contribution is 2.39. The van der Waals surface area contributed by atoms with Gasteiger partial charge < -0.3 is 4.74 Å². The smallest absolute Gasteiger partial charge is 0.338 e. The zero-order chi connectivity index (χ0) is 19.3. The Kier molecular flexibility index (Phi) is 3.80. The average Bonchev–Trinajstić information content (AvgIpc) is 2.72. The van der Waals surface area contributed by atoms with Gasteiger partial charge in [0.15, 0.2) is 0 Å². The summed E-state index contributed by atoms with van der Waals surface area (Å²) in [6, 6.07) is 25.5. The largest absolute Gasteiger partial charge is 0.462 e. The van der Waals surface area contributed by atoms with Gasteiger partial charge in [-0.15, -0.1) is 0 Å². The minimum Gasteiger partial charge on any atom is -0.462 e. The molecule has 5 aromatic rings. The highest BCUT2D eigenvalue weighted by molar-refractivity contribution is 6.25. The molecule has 0 atom stereocenters. The summed E-state index contributed by atoms with van der Waals surface area (Å²) in [5.41, 5.74) is 4.01. The minimum absolute atomic E-state index is 0.271. The first-order chi connectivity index (χ1) is 13.7. The third-order valence-corrected chi connectivity index (χ3v) is 5.56. The molecular formula is C26H20O2. The van der Waals surface area contributed by atoms with Crippen LogP contribution in [0.4, 0.5) is 0 Å². The molecule has 0 radical (unpaired) electrons. The van der Waals surface area contributed by atoms with Crippen molar-refractivity contribution in [1.29, 1.82) is 0 Å². The summed E-state index contributed by atoms with van der Waals surface area (Å²) < 4.78 is 5.14. The van der Waals surface area contributed by atoms with Gasteiger partial charge in [0.05, 0.1) is 12.2 Å². The summed E-state index contributed by atoms with van der Waals surface area (Å²) in [6.07, 6.45) is 0. The summed E-state index contributed by atoms with van der Waals surface area (Å²) in [5.74, 6) is -0.271. The first-order valence-corrected chi connectivity index (χ1v) is 9.62. The van der Waals surface area contributed by atoms with E-state index in [2.05, 4.69) is 61.5 Å². The molecule has 0 N–H and O–H groups in total. The number of hydrogen-bond donors (Lipinski definition) is 0. The van der Waals surface area contributed by atoms with Gasteiger partial charge in [-0.05, 0) is 75.0 Å². The van der Waals surface area contributed by atoms with E-state index < -0.39 is 0 Å². The second-order valence-electron chi connectivity index (χ2n) is 7.22. The maximum Gasteiger partial charge on any atom is 0.338 e. The molecule has 0 amide bonds. The summed E-state index contributed by atoms with van der Waals surface area (Å²) >= 11 is 0. The molecule has 0 unspecified atom stereocenters. The van der Waals surface area contributed by atoms with Crippen LogP contribution in [0.25, 0.3) is 43.4 Å². The van der Waals surface area contributed by atoms with Crippen molar-refractivity contribution in [1.82, 2.24) is 0 Å². The van der Waals surface area contributed by atoms with Crippen LogP contribution in [0.3, 0.4) is 0 Å². The van der Waals surface area contributed by atoms with Gasteiger partial charge in [0.2, 0.25) is 0 Å². The number of ether oxygens (including phenoxy) is 1. The lowest BCUT2D eigenvalue weighted by Gasteiger charge is -2.15. The maximum absolute atomic E-state index is 12.1. The number of rotatable bonds is 3. The van der Waals surface area contributed by atoms with Crippen LogP contribution in [0.15, 0.2) is 72.8 Å². The third kappa shape index (κ3) is 2.45. The summed E-state index contributed by atoms with van der Waals surface area (Å²) in [6.45, 7) is 4.26. The molecule has 0 aliphatic rings. The molecule has 2 nitrogen and oxygen atoms in total. The van der Waals surface area contributed by atoms with Crippen LogP contribution >= 0.6 is 0 Å². The topological polar surface area (TPSA) is 26.3 Å². The van der Waals surface area contributed by atoms with Crippen molar-refractivity contribution < 1.29 is 9.53 Å². The lowest BCUT2D eigenvalue weighted by Crippen LogP contribution is -2.05. The predicted octanol–water partition coefficient (Wildman–Crippen LogP) is 6.74. The molecule has 0 saturated carbocycles. The number of aryl methyl sites for hydroxylation is 1. The van der Waals surface area contributed by atoms with Crippen LogP contribution < -0.4 is 0 Å². The average molecular weight is 364 g/mol. The molecule has 0 bridgehead atoms. The monoisotopic (exact) mass is 364 g/mol.